The largest absolute Gasteiger partial charge is 2.00 e. The van der Waals surface area contributed by atoms with Crippen molar-refractivity contribution in [3.05, 3.63) is 144 Å². The fourth-order valence-electron chi connectivity index (χ4n) is 7.66. The molecule has 1 aliphatic heterocycles. The molecule has 5 heterocycles. The summed E-state index contributed by atoms with van der Waals surface area (Å²) in [6.45, 7) is 6.69. The number of fused-ring (bicyclic) bond motifs is 11. The Hall–Kier alpha value is -5.25. The Morgan fingerprint density at radius 3 is 2.35 bits per heavy atom. The first-order valence-corrected chi connectivity index (χ1v) is 15.9. The number of nitrogens with zero attached hydrogens (tertiary/aromatic N) is 4. The van der Waals surface area contributed by atoms with Crippen LogP contribution >= 0.6 is 0 Å². The van der Waals surface area contributed by atoms with E-state index in [-0.39, 0.29) is 26.5 Å². The van der Waals surface area contributed by atoms with Gasteiger partial charge in [0.1, 0.15) is 5.65 Å². The van der Waals surface area contributed by atoms with Gasteiger partial charge in [-0.2, -0.15) is 6.07 Å². The molecule has 0 unspecified atom stereocenters. The zero-order chi connectivity index (χ0) is 31.4. The molecule has 0 aliphatic carbocycles. The van der Waals surface area contributed by atoms with Crippen molar-refractivity contribution in [2.45, 2.75) is 26.2 Å². The van der Waals surface area contributed by atoms with E-state index in [1.165, 1.54) is 27.6 Å². The number of hydrogen-bond acceptors (Lipinski definition) is 3. The van der Waals surface area contributed by atoms with Crippen molar-refractivity contribution in [3.8, 4) is 28.4 Å². The van der Waals surface area contributed by atoms with Crippen molar-refractivity contribution in [2.75, 3.05) is 0 Å². The molecule has 0 fully saturated rings. The minimum absolute atomic E-state index is 0. The van der Waals surface area contributed by atoms with Crippen LogP contribution in [0, 0.1) is 19.1 Å². The van der Waals surface area contributed by atoms with Crippen LogP contribution in [0.5, 0.6) is 11.5 Å². The van der Waals surface area contributed by atoms with Crippen molar-refractivity contribution in [1.29, 1.82) is 0 Å². The molecule has 10 rings (SSSR count). The first kappa shape index (κ1) is 28.9. The molecule has 0 spiro atoms. The average molecular weight is 800 g/mol. The number of benzene rings is 5. The molecule has 9 aromatic rings. The molecule has 0 radical (unpaired) electrons. The maximum Gasteiger partial charge on any atom is 2.00 e. The summed E-state index contributed by atoms with van der Waals surface area (Å²) in [6.07, 6.45) is 3.99. The normalized spacial score (nSPS) is 13.3. The van der Waals surface area contributed by atoms with Gasteiger partial charge in [-0.1, -0.05) is 97.0 Å². The fraction of sp³-hybridized carbons (Fsp3) is 0.0952. The van der Waals surface area contributed by atoms with Crippen LogP contribution in [-0.4, -0.2) is 18.9 Å². The molecule has 0 saturated heterocycles. The zero-order valence-electron chi connectivity index (χ0n) is 26.5. The number of hydrogen-bond donors (Lipinski definition) is 0. The molecule has 6 heteroatoms. The Labute approximate surface area is 291 Å². The number of rotatable bonds is 3. The standard InChI is InChI=1S/C42H28N4O.Pt/c1-25-10-4-5-11-28(25)36-24-45-37-16-7-6-12-30(37)29-19-17-26(22-33(29)41(45)44-36)47-27-18-20-34-38(23-27)46-39-31(32-14-9-21-43-40(32)46)13-8-15-35(39)42(34,2)3;/h4-21,24H,1-3H3;/q-2;+2. The molecule has 4 aromatic heterocycles. The molecule has 0 atom stereocenters. The quantitative estimate of drug-likeness (QED) is 0.132. The second kappa shape index (κ2) is 10.4. The molecular weight excluding hydrogens is 772 g/mol. The van der Waals surface area contributed by atoms with Gasteiger partial charge in [0, 0.05) is 45.7 Å². The van der Waals surface area contributed by atoms with Gasteiger partial charge in [-0.25, -0.2) is 4.98 Å². The van der Waals surface area contributed by atoms with Crippen molar-refractivity contribution >= 4 is 49.3 Å². The second-order valence-corrected chi connectivity index (χ2v) is 13.0. The molecule has 0 saturated carbocycles. The van der Waals surface area contributed by atoms with E-state index < -0.39 is 0 Å². The van der Waals surface area contributed by atoms with E-state index in [4.69, 9.17) is 14.7 Å². The van der Waals surface area contributed by atoms with Gasteiger partial charge >= 0.3 is 21.1 Å². The third kappa shape index (κ3) is 3.94. The minimum Gasteiger partial charge on any atom is -0.503 e. The van der Waals surface area contributed by atoms with Crippen molar-refractivity contribution in [2.24, 2.45) is 0 Å². The van der Waals surface area contributed by atoms with E-state index in [9.17, 15) is 0 Å². The van der Waals surface area contributed by atoms with Crippen LogP contribution in [0.15, 0.2) is 116 Å². The van der Waals surface area contributed by atoms with E-state index >= 15 is 0 Å². The molecule has 5 aromatic carbocycles. The van der Waals surface area contributed by atoms with Crippen LogP contribution in [0.1, 0.15) is 30.5 Å². The summed E-state index contributed by atoms with van der Waals surface area (Å²) in [7, 11) is 0. The SMILES string of the molecule is Cc1ccccc1-c1cn2c3ccccc3c3ccc(Oc4[c-]c5c(cc4)C(C)(C)c4cccc6c7cccnc7n-5c46)[c-]c3c2n1.[Pt+2]. The maximum absolute atomic E-state index is 6.58. The van der Waals surface area contributed by atoms with E-state index in [1.54, 1.807) is 0 Å². The predicted octanol–water partition coefficient (Wildman–Crippen LogP) is 10.1. The maximum atomic E-state index is 6.58. The topological polar surface area (TPSA) is 44.4 Å². The summed E-state index contributed by atoms with van der Waals surface area (Å²) in [5.41, 5.74) is 10.5. The summed E-state index contributed by atoms with van der Waals surface area (Å²) in [5.74, 6) is 1.24. The Morgan fingerprint density at radius 1 is 0.688 bits per heavy atom. The van der Waals surface area contributed by atoms with Gasteiger partial charge in [-0.05, 0) is 47.1 Å². The fourth-order valence-corrected chi connectivity index (χ4v) is 7.66. The Morgan fingerprint density at radius 2 is 1.46 bits per heavy atom. The van der Waals surface area contributed by atoms with E-state index in [0.717, 1.165) is 55.3 Å². The molecule has 5 nitrogen and oxygen atoms in total. The smallest absolute Gasteiger partial charge is 0.503 e. The van der Waals surface area contributed by atoms with E-state index in [1.807, 2.05) is 24.4 Å². The zero-order valence-corrected chi connectivity index (χ0v) is 28.8. The van der Waals surface area contributed by atoms with Gasteiger partial charge in [0.05, 0.1) is 16.9 Å². The first-order chi connectivity index (χ1) is 23.0. The molecular formula is C42H28N4OPt. The van der Waals surface area contributed by atoms with Gasteiger partial charge in [0.15, 0.2) is 0 Å². The van der Waals surface area contributed by atoms with Crippen LogP contribution < -0.4 is 4.74 Å². The molecule has 0 N–H and O–H groups in total. The number of aromatic nitrogens is 4. The van der Waals surface area contributed by atoms with E-state index in [0.29, 0.717) is 11.5 Å². The minimum atomic E-state index is -0.217. The Kier molecular flexibility index (Phi) is 6.25. The summed E-state index contributed by atoms with van der Waals surface area (Å²) in [4.78, 5) is 10.00. The molecule has 48 heavy (non-hydrogen) atoms. The van der Waals surface area contributed by atoms with Crippen LogP contribution in [0.2, 0.25) is 0 Å². The summed E-state index contributed by atoms with van der Waals surface area (Å²) in [6, 6.07) is 43.1. The summed E-state index contributed by atoms with van der Waals surface area (Å²) in [5, 5.41) is 5.48. The number of ether oxygens (including phenoxy) is 1. The van der Waals surface area contributed by atoms with E-state index in [2.05, 4.69) is 133 Å². The summed E-state index contributed by atoms with van der Waals surface area (Å²) >= 11 is 0. The Bertz CT molecular complexity index is 2770. The van der Waals surface area contributed by atoms with Crippen LogP contribution in [-0.2, 0) is 26.5 Å². The number of para-hydroxylation sites is 2. The third-order valence-electron chi connectivity index (χ3n) is 9.96. The molecule has 0 bridgehead atoms. The van der Waals surface area contributed by atoms with Gasteiger partial charge in [0.2, 0.25) is 0 Å². The van der Waals surface area contributed by atoms with Crippen molar-refractivity contribution < 1.29 is 25.8 Å². The van der Waals surface area contributed by atoms with Gasteiger partial charge < -0.3 is 13.7 Å². The third-order valence-corrected chi connectivity index (χ3v) is 9.96. The van der Waals surface area contributed by atoms with Crippen LogP contribution in [0.3, 0.4) is 0 Å². The second-order valence-electron chi connectivity index (χ2n) is 13.0. The average Bonchev–Trinajstić information content (AvgIpc) is 3.69. The molecule has 1 aliphatic rings. The van der Waals surface area contributed by atoms with Crippen LogP contribution in [0.4, 0.5) is 0 Å². The summed E-state index contributed by atoms with van der Waals surface area (Å²) < 4.78 is 11.0. The number of pyridine rings is 2. The van der Waals surface area contributed by atoms with Gasteiger partial charge in [-0.15, -0.1) is 29.8 Å². The van der Waals surface area contributed by atoms with Gasteiger partial charge in [-0.3, -0.25) is 4.98 Å². The van der Waals surface area contributed by atoms with Crippen LogP contribution in [0.25, 0.3) is 66.2 Å². The van der Waals surface area contributed by atoms with Crippen molar-refractivity contribution in [3.63, 3.8) is 0 Å². The number of imidazole rings is 1. The monoisotopic (exact) mass is 799 g/mol. The van der Waals surface area contributed by atoms with Crippen molar-refractivity contribution in [1.82, 2.24) is 18.9 Å². The van der Waals surface area contributed by atoms with Gasteiger partial charge in [0.25, 0.3) is 0 Å². The first-order valence-electron chi connectivity index (χ1n) is 15.9. The Balaban J connectivity index is 0.00000314. The molecule has 0 amide bonds. The predicted molar refractivity (Wildman–Crippen MR) is 189 cm³/mol. The number of aryl methyl sites for hydroxylation is 1. The molecule has 232 valence electrons.